The summed E-state index contributed by atoms with van der Waals surface area (Å²) in [5.74, 6) is -0.971. The minimum absolute atomic E-state index is 0.0592. The lowest BCUT2D eigenvalue weighted by molar-refractivity contribution is 0.0637. The number of nitrogens with zero attached hydrogens (tertiary/aromatic N) is 2. The maximum atomic E-state index is 13.7. The molecule has 0 saturated carbocycles. The number of amides is 1. The third-order valence-electron chi connectivity index (χ3n) is 5.35. The maximum Gasteiger partial charge on any atom is 0.261 e. The zero-order chi connectivity index (χ0) is 20.4. The Morgan fingerprint density at radius 2 is 1.76 bits per heavy atom. The number of hydrogen-bond donors (Lipinski definition) is 1. The lowest BCUT2D eigenvalue weighted by Gasteiger charge is -2.34. The molecule has 2 heterocycles. The summed E-state index contributed by atoms with van der Waals surface area (Å²) in [7, 11) is 0. The Hall–Kier alpha value is -3.06. The minimum atomic E-state index is -0.518. The molecular formula is C22H21F2N3O2. The molecule has 0 spiro atoms. The third-order valence-corrected chi connectivity index (χ3v) is 5.35. The molecule has 3 aromatic rings. The van der Waals surface area contributed by atoms with Crippen LogP contribution in [-0.4, -0.2) is 53.4 Å². The van der Waals surface area contributed by atoms with Crippen LogP contribution in [0.1, 0.15) is 15.9 Å². The number of hydrogen-bond acceptors (Lipinski definition) is 3. The van der Waals surface area contributed by atoms with Crippen molar-refractivity contribution in [3.63, 3.8) is 0 Å². The van der Waals surface area contributed by atoms with Crippen molar-refractivity contribution in [2.75, 3.05) is 32.7 Å². The van der Waals surface area contributed by atoms with E-state index in [1.54, 1.807) is 17.0 Å². The number of carbonyl (C=O) groups is 1. The SMILES string of the molecule is O=C(c1cc2ccc(F)cc2[nH]c1=O)N1CCN(CCc2ccccc2F)CC1. The summed E-state index contributed by atoms with van der Waals surface area (Å²) < 4.78 is 27.1. The van der Waals surface area contributed by atoms with Crippen LogP contribution in [0, 0.1) is 11.6 Å². The van der Waals surface area contributed by atoms with Crippen molar-refractivity contribution in [3.8, 4) is 0 Å². The average molecular weight is 397 g/mol. The molecule has 1 fully saturated rings. The van der Waals surface area contributed by atoms with E-state index in [1.165, 1.54) is 30.3 Å². The summed E-state index contributed by atoms with van der Waals surface area (Å²) in [5, 5.41) is 0.609. The van der Waals surface area contributed by atoms with E-state index < -0.39 is 11.4 Å². The third kappa shape index (κ3) is 4.19. The van der Waals surface area contributed by atoms with E-state index in [0.717, 1.165) is 0 Å². The number of aromatic nitrogens is 1. The van der Waals surface area contributed by atoms with Gasteiger partial charge in [0.05, 0.1) is 5.52 Å². The number of benzene rings is 2. The predicted molar refractivity (Wildman–Crippen MR) is 107 cm³/mol. The van der Waals surface area contributed by atoms with E-state index in [-0.39, 0.29) is 17.3 Å². The largest absolute Gasteiger partial charge is 0.336 e. The highest BCUT2D eigenvalue weighted by molar-refractivity contribution is 5.97. The zero-order valence-corrected chi connectivity index (χ0v) is 15.8. The first-order valence-corrected chi connectivity index (χ1v) is 9.59. The van der Waals surface area contributed by atoms with Crippen LogP contribution in [0.5, 0.6) is 0 Å². The molecule has 5 nitrogen and oxygen atoms in total. The van der Waals surface area contributed by atoms with Gasteiger partial charge in [0.25, 0.3) is 11.5 Å². The summed E-state index contributed by atoms with van der Waals surface area (Å²) in [4.78, 5) is 31.6. The number of halogens is 2. The van der Waals surface area contributed by atoms with Crippen molar-refractivity contribution in [3.05, 3.63) is 81.6 Å². The lowest BCUT2D eigenvalue weighted by Crippen LogP contribution is -2.49. The smallest absolute Gasteiger partial charge is 0.261 e. The van der Waals surface area contributed by atoms with Crippen LogP contribution >= 0.6 is 0 Å². The molecule has 29 heavy (non-hydrogen) atoms. The van der Waals surface area contributed by atoms with Gasteiger partial charge in [-0.15, -0.1) is 0 Å². The Balaban J connectivity index is 1.39. The number of aromatic amines is 1. The summed E-state index contributed by atoms with van der Waals surface area (Å²) >= 11 is 0. The topological polar surface area (TPSA) is 56.4 Å². The van der Waals surface area contributed by atoms with Crippen LogP contribution in [0.25, 0.3) is 10.9 Å². The van der Waals surface area contributed by atoms with Crippen molar-refractivity contribution in [1.82, 2.24) is 14.8 Å². The average Bonchev–Trinajstić information content (AvgIpc) is 2.72. The molecule has 0 bridgehead atoms. The van der Waals surface area contributed by atoms with Gasteiger partial charge in [0.15, 0.2) is 0 Å². The molecular weight excluding hydrogens is 376 g/mol. The first-order valence-electron chi connectivity index (χ1n) is 9.59. The molecule has 1 N–H and O–H groups in total. The number of fused-ring (bicyclic) bond motifs is 1. The van der Waals surface area contributed by atoms with Crippen LogP contribution < -0.4 is 5.56 Å². The number of rotatable bonds is 4. The quantitative estimate of drug-likeness (QED) is 0.737. The first kappa shape index (κ1) is 19.3. The Bertz CT molecular complexity index is 1100. The number of H-pyrrole nitrogens is 1. The fourth-order valence-corrected chi connectivity index (χ4v) is 3.66. The van der Waals surface area contributed by atoms with Crippen LogP contribution in [0.4, 0.5) is 8.78 Å². The van der Waals surface area contributed by atoms with Gasteiger partial charge in [-0.1, -0.05) is 18.2 Å². The highest BCUT2D eigenvalue weighted by Gasteiger charge is 2.24. The number of pyridine rings is 1. The fraction of sp³-hybridized carbons (Fsp3) is 0.273. The van der Waals surface area contributed by atoms with Gasteiger partial charge in [-0.2, -0.15) is 0 Å². The Morgan fingerprint density at radius 1 is 1.00 bits per heavy atom. The molecule has 1 aliphatic rings. The van der Waals surface area contributed by atoms with E-state index in [2.05, 4.69) is 9.88 Å². The second-order valence-corrected chi connectivity index (χ2v) is 7.22. The minimum Gasteiger partial charge on any atom is -0.336 e. The van der Waals surface area contributed by atoms with Gasteiger partial charge in [-0.25, -0.2) is 8.78 Å². The first-order chi connectivity index (χ1) is 14.0. The van der Waals surface area contributed by atoms with Gasteiger partial charge in [0.1, 0.15) is 17.2 Å². The van der Waals surface area contributed by atoms with Gasteiger partial charge >= 0.3 is 0 Å². The normalized spacial score (nSPS) is 15.0. The fourth-order valence-electron chi connectivity index (χ4n) is 3.66. The molecule has 0 atom stereocenters. The van der Waals surface area contributed by atoms with Crippen molar-refractivity contribution >= 4 is 16.8 Å². The van der Waals surface area contributed by atoms with Gasteiger partial charge < -0.3 is 9.88 Å². The van der Waals surface area contributed by atoms with Gasteiger partial charge in [-0.05, 0) is 47.7 Å². The van der Waals surface area contributed by atoms with Crippen molar-refractivity contribution in [1.29, 1.82) is 0 Å². The van der Waals surface area contributed by atoms with E-state index in [9.17, 15) is 18.4 Å². The summed E-state index contributed by atoms with van der Waals surface area (Å²) in [6, 6.07) is 12.3. The molecule has 1 aliphatic heterocycles. The molecule has 150 valence electrons. The van der Waals surface area contributed by atoms with Gasteiger partial charge in [0.2, 0.25) is 0 Å². The lowest BCUT2D eigenvalue weighted by atomic mass is 10.1. The van der Waals surface area contributed by atoms with Crippen LogP contribution in [0.2, 0.25) is 0 Å². The highest BCUT2D eigenvalue weighted by Crippen LogP contribution is 2.15. The highest BCUT2D eigenvalue weighted by atomic mass is 19.1. The Morgan fingerprint density at radius 3 is 2.52 bits per heavy atom. The molecule has 1 aromatic heterocycles. The second-order valence-electron chi connectivity index (χ2n) is 7.22. The molecule has 2 aromatic carbocycles. The molecule has 0 aliphatic carbocycles. The van der Waals surface area contributed by atoms with Crippen molar-refractivity contribution < 1.29 is 13.6 Å². The van der Waals surface area contributed by atoms with Crippen LogP contribution in [0.15, 0.2) is 53.3 Å². The molecule has 0 radical (unpaired) electrons. The monoisotopic (exact) mass is 397 g/mol. The van der Waals surface area contributed by atoms with E-state index in [1.807, 2.05) is 6.07 Å². The molecule has 1 saturated heterocycles. The second kappa shape index (κ2) is 8.13. The Kier molecular flexibility index (Phi) is 5.40. The van der Waals surface area contributed by atoms with E-state index in [4.69, 9.17) is 0 Å². The Labute approximate surface area is 166 Å². The van der Waals surface area contributed by atoms with Crippen molar-refractivity contribution in [2.24, 2.45) is 0 Å². The summed E-state index contributed by atoms with van der Waals surface area (Å²) in [5.41, 5.74) is 0.591. The van der Waals surface area contributed by atoms with E-state index >= 15 is 0 Å². The maximum absolute atomic E-state index is 13.7. The molecule has 4 rings (SSSR count). The number of nitrogens with one attached hydrogen (secondary N) is 1. The molecule has 1 amide bonds. The van der Waals surface area contributed by atoms with Crippen LogP contribution in [-0.2, 0) is 6.42 Å². The predicted octanol–water partition coefficient (Wildman–Crippen LogP) is 2.81. The molecule has 7 heteroatoms. The van der Waals surface area contributed by atoms with Crippen molar-refractivity contribution in [2.45, 2.75) is 6.42 Å². The van der Waals surface area contributed by atoms with Crippen LogP contribution in [0.3, 0.4) is 0 Å². The van der Waals surface area contributed by atoms with Gasteiger partial charge in [-0.3, -0.25) is 14.5 Å². The zero-order valence-electron chi connectivity index (χ0n) is 15.8. The summed E-state index contributed by atoms with van der Waals surface area (Å²) in [6.07, 6.45) is 0.613. The molecule has 0 unspecified atom stereocenters. The summed E-state index contributed by atoms with van der Waals surface area (Å²) in [6.45, 7) is 3.03. The number of piperazine rings is 1. The van der Waals surface area contributed by atoms with Gasteiger partial charge in [0, 0.05) is 32.7 Å². The number of carbonyl (C=O) groups excluding carboxylic acids is 1. The van der Waals surface area contributed by atoms with E-state index in [0.29, 0.717) is 55.6 Å². The standard InChI is InChI=1S/C22H21F2N3O2/c23-17-6-5-16-13-18(21(28)25-20(16)14-17)22(29)27-11-9-26(10-12-27)8-7-15-3-1-2-4-19(15)24/h1-6,13-14H,7-12H2,(H,25,28).